The third-order valence-electron chi connectivity index (χ3n) is 7.38. The summed E-state index contributed by atoms with van der Waals surface area (Å²) < 4.78 is 61.2. The van der Waals surface area contributed by atoms with Crippen molar-refractivity contribution >= 4 is 32.5 Å². The van der Waals surface area contributed by atoms with E-state index in [4.69, 9.17) is 4.74 Å². The Morgan fingerprint density at radius 1 is 0.884 bits per heavy atom. The van der Waals surface area contributed by atoms with Crippen LogP contribution >= 0.6 is 0 Å². The van der Waals surface area contributed by atoms with Gasteiger partial charge in [0, 0.05) is 48.1 Å². The molecule has 11 heteroatoms. The second-order valence-electron chi connectivity index (χ2n) is 10.1. The Hall–Kier alpha value is -4.90. The third-order valence-corrected chi connectivity index (χ3v) is 8.78. The number of halogens is 2. The number of anilines is 1. The molecule has 3 heterocycles. The predicted octanol–water partition coefficient (Wildman–Crippen LogP) is 6.29. The molecule has 0 radical (unpaired) electrons. The fraction of sp³-hybridized carbons (Fsp3) is 0.156. The van der Waals surface area contributed by atoms with E-state index < -0.39 is 26.6 Å². The molecule has 8 nitrogen and oxygen atoms in total. The van der Waals surface area contributed by atoms with Gasteiger partial charge >= 0.3 is 0 Å². The van der Waals surface area contributed by atoms with Crippen LogP contribution in [-0.4, -0.2) is 49.4 Å². The number of fused-ring (bicyclic) bond motifs is 1. The molecule has 0 aliphatic carbocycles. The van der Waals surface area contributed by atoms with Crippen molar-refractivity contribution in [2.75, 3.05) is 24.9 Å². The summed E-state index contributed by atoms with van der Waals surface area (Å²) in [5.74, 6) is -2.11. The Bertz CT molecular complexity index is 1960. The number of likely N-dealkylation sites (tertiary alicyclic amines) is 1. The first-order valence-corrected chi connectivity index (χ1v) is 15.0. The predicted molar refractivity (Wildman–Crippen MR) is 159 cm³/mol. The molecular formula is C32H26F2N4O4S. The summed E-state index contributed by atoms with van der Waals surface area (Å²) in [7, 11) is -3.10. The highest BCUT2D eigenvalue weighted by Crippen LogP contribution is 2.34. The van der Waals surface area contributed by atoms with E-state index in [1.54, 1.807) is 6.20 Å². The van der Waals surface area contributed by atoms with Gasteiger partial charge in [0.2, 0.25) is 5.88 Å². The molecule has 1 saturated heterocycles. The van der Waals surface area contributed by atoms with Crippen molar-refractivity contribution in [3.8, 4) is 28.1 Å². The van der Waals surface area contributed by atoms with Gasteiger partial charge in [-0.25, -0.2) is 22.2 Å². The van der Waals surface area contributed by atoms with E-state index in [9.17, 15) is 22.0 Å². The molecule has 0 saturated carbocycles. The molecule has 0 unspecified atom stereocenters. The van der Waals surface area contributed by atoms with Crippen molar-refractivity contribution in [2.24, 2.45) is 0 Å². The van der Waals surface area contributed by atoms with Crippen LogP contribution in [-0.2, 0) is 10.0 Å². The summed E-state index contributed by atoms with van der Waals surface area (Å²) >= 11 is 0. The maximum Gasteiger partial charge on any atom is 0.264 e. The van der Waals surface area contributed by atoms with Crippen LogP contribution in [0.5, 0.6) is 5.88 Å². The fourth-order valence-electron chi connectivity index (χ4n) is 5.21. The zero-order valence-electron chi connectivity index (χ0n) is 23.1. The minimum Gasteiger partial charge on any atom is -0.480 e. The molecule has 6 rings (SSSR count). The van der Waals surface area contributed by atoms with E-state index in [1.807, 2.05) is 53.4 Å². The lowest BCUT2D eigenvalue weighted by atomic mass is 9.97. The van der Waals surface area contributed by atoms with Gasteiger partial charge in [0.15, 0.2) is 0 Å². The van der Waals surface area contributed by atoms with Gasteiger partial charge < -0.3 is 9.64 Å². The van der Waals surface area contributed by atoms with Crippen LogP contribution in [0.3, 0.4) is 0 Å². The van der Waals surface area contributed by atoms with Crippen LogP contribution in [0, 0.1) is 11.6 Å². The molecule has 1 aliphatic rings. The Labute approximate surface area is 247 Å². The lowest BCUT2D eigenvalue weighted by molar-refractivity contribution is 0.0793. The zero-order chi connectivity index (χ0) is 30.1. The average Bonchev–Trinajstić information content (AvgIpc) is 3.55. The number of carbonyl (C=O) groups is 1. The van der Waals surface area contributed by atoms with Crippen molar-refractivity contribution < 1.29 is 26.7 Å². The van der Waals surface area contributed by atoms with E-state index in [0.717, 1.165) is 60.1 Å². The summed E-state index contributed by atoms with van der Waals surface area (Å²) in [6.07, 6.45) is 5.31. The number of carbonyl (C=O) groups excluding carboxylic acids is 1. The number of ether oxygens (including phenoxy) is 1. The number of amides is 1. The van der Waals surface area contributed by atoms with Crippen LogP contribution in [0.2, 0.25) is 0 Å². The smallest absolute Gasteiger partial charge is 0.264 e. The molecule has 1 fully saturated rings. The quantitative estimate of drug-likeness (QED) is 0.236. The molecule has 218 valence electrons. The summed E-state index contributed by atoms with van der Waals surface area (Å²) in [6.45, 7) is 1.57. The number of nitrogens with one attached hydrogen (secondary N) is 1. The normalized spacial score (nSPS) is 13.3. The lowest BCUT2D eigenvalue weighted by Gasteiger charge is -2.15. The zero-order valence-corrected chi connectivity index (χ0v) is 23.9. The summed E-state index contributed by atoms with van der Waals surface area (Å²) in [6, 6.07) is 18.7. The number of nitrogens with zero attached hydrogens (tertiary/aromatic N) is 3. The van der Waals surface area contributed by atoms with Crippen molar-refractivity contribution in [1.82, 2.24) is 14.9 Å². The van der Waals surface area contributed by atoms with Crippen molar-refractivity contribution in [2.45, 2.75) is 17.7 Å². The SMILES string of the molecule is COc1ncc(-c2ccc3nccc(-c4ccc(C(=O)N5CCCC5)cc4)c3c2)cc1NS(=O)(=O)c1ccc(F)cc1F. The number of methoxy groups -OCH3 is 1. The van der Waals surface area contributed by atoms with E-state index in [2.05, 4.69) is 14.7 Å². The second-order valence-corrected chi connectivity index (χ2v) is 11.8. The number of aromatic nitrogens is 2. The standard InChI is InChI=1S/C32H26F2N4O4S/c1-42-31-29(37-43(40,41)30-11-9-24(33)18-27(30)34)17-23(19-36-31)22-8-10-28-26(16-22)25(12-13-35-28)20-4-6-21(7-5-20)32(39)38-14-2-3-15-38/h4-13,16-19,37H,2-3,14-15H2,1H3. The molecule has 1 N–H and O–H groups in total. The summed E-state index contributed by atoms with van der Waals surface area (Å²) in [4.78, 5) is 22.7. The van der Waals surface area contributed by atoms with Crippen LogP contribution in [0.1, 0.15) is 23.2 Å². The minimum absolute atomic E-state index is 0.0199. The number of sulfonamides is 1. The second kappa shape index (κ2) is 11.4. The maximum absolute atomic E-state index is 14.3. The van der Waals surface area contributed by atoms with Crippen LogP contribution < -0.4 is 9.46 Å². The third kappa shape index (κ3) is 5.63. The van der Waals surface area contributed by atoms with Gasteiger partial charge in [0.05, 0.1) is 12.6 Å². The van der Waals surface area contributed by atoms with Crippen LogP contribution in [0.25, 0.3) is 33.2 Å². The van der Waals surface area contributed by atoms with Gasteiger partial charge in [-0.2, -0.15) is 0 Å². The van der Waals surface area contributed by atoms with Gasteiger partial charge in [-0.1, -0.05) is 18.2 Å². The number of hydrogen-bond acceptors (Lipinski definition) is 6. The highest BCUT2D eigenvalue weighted by molar-refractivity contribution is 7.92. The van der Waals surface area contributed by atoms with Gasteiger partial charge in [-0.3, -0.25) is 14.5 Å². The van der Waals surface area contributed by atoms with Crippen molar-refractivity contribution in [3.63, 3.8) is 0 Å². The number of pyridine rings is 2. The number of hydrogen-bond donors (Lipinski definition) is 1. The highest BCUT2D eigenvalue weighted by Gasteiger charge is 2.23. The van der Waals surface area contributed by atoms with Crippen LogP contribution in [0.4, 0.5) is 14.5 Å². The van der Waals surface area contributed by atoms with Gasteiger partial charge in [-0.15, -0.1) is 0 Å². The molecule has 0 bridgehead atoms. The monoisotopic (exact) mass is 600 g/mol. The average molecular weight is 601 g/mol. The molecule has 1 aliphatic heterocycles. The van der Waals surface area contributed by atoms with Crippen molar-refractivity contribution in [1.29, 1.82) is 0 Å². The van der Waals surface area contributed by atoms with Gasteiger partial charge in [-0.05, 0) is 78.1 Å². The fourth-order valence-corrected chi connectivity index (χ4v) is 6.32. The molecule has 0 spiro atoms. The van der Waals surface area contributed by atoms with Gasteiger partial charge in [0.25, 0.3) is 15.9 Å². The first-order chi connectivity index (χ1) is 20.7. The van der Waals surface area contributed by atoms with E-state index in [-0.39, 0.29) is 17.5 Å². The Morgan fingerprint density at radius 3 is 2.35 bits per heavy atom. The number of benzene rings is 3. The van der Waals surface area contributed by atoms with Crippen molar-refractivity contribution in [3.05, 3.63) is 102 Å². The first-order valence-electron chi connectivity index (χ1n) is 13.5. The van der Waals surface area contributed by atoms with E-state index >= 15 is 0 Å². The topological polar surface area (TPSA) is 101 Å². The summed E-state index contributed by atoms with van der Waals surface area (Å²) in [5, 5.41) is 0.838. The Morgan fingerprint density at radius 2 is 1.63 bits per heavy atom. The molecule has 0 atom stereocenters. The molecule has 2 aromatic heterocycles. The van der Waals surface area contributed by atoms with E-state index in [0.29, 0.717) is 22.8 Å². The van der Waals surface area contributed by atoms with Gasteiger partial charge in [0.1, 0.15) is 22.2 Å². The number of rotatable bonds is 7. The minimum atomic E-state index is -4.43. The lowest BCUT2D eigenvalue weighted by Crippen LogP contribution is -2.27. The summed E-state index contributed by atoms with van der Waals surface area (Å²) in [5.41, 5.74) is 4.45. The molecule has 3 aromatic carbocycles. The largest absolute Gasteiger partial charge is 0.480 e. The van der Waals surface area contributed by atoms with E-state index in [1.165, 1.54) is 19.4 Å². The molecule has 43 heavy (non-hydrogen) atoms. The maximum atomic E-state index is 14.3. The Balaban J connectivity index is 1.35. The molecule has 1 amide bonds. The Kier molecular flexibility index (Phi) is 7.49. The highest BCUT2D eigenvalue weighted by atomic mass is 32.2. The van der Waals surface area contributed by atoms with Crippen LogP contribution in [0.15, 0.2) is 90.1 Å². The first kappa shape index (κ1) is 28.2. The molecular weight excluding hydrogens is 574 g/mol. The molecule has 5 aromatic rings.